The summed E-state index contributed by atoms with van der Waals surface area (Å²) >= 11 is 1.46. The third-order valence-electron chi connectivity index (χ3n) is 5.83. The summed E-state index contributed by atoms with van der Waals surface area (Å²) in [7, 11) is 1.63. The van der Waals surface area contributed by atoms with Crippen LogP contribution in [0.25, 0.3) is 10.6 Å². The zero-order chi connectivity index (χ0) is 23.4. The molecule has 1 aromatic heterocycles. The van der Waals surface area contributed by atoms with Gasteiger partial charge in [0.2, 0.25) is 5.91 Å². The summed E-state index contributed by atoms with van der Waals surface area (Å²) in [6.07, 6.45) is 0. The first-order valence-corrected chi connectivity index (χ1v) is 11.8. The van der Waals surface area contributed by atoms with Gasteiger partial charge in [-0.1, -0.05) is 18.2 Å². The molecule has 2 aromatic carbocycles. The standard InChI is InChI=1S/C25H28N4O3S/c1-17-5-4-6-18(2)23(17)27-22(30)15-28-11-13-29(14-12-28)25(31)21-16-33-24(26-21)19-7-9-20(32-3)10-8-19/h4-10,16H,11-15H2,1-3H3,(H,27,30). The molecule has 172 valence electrons. The fraction of sp³-hybridized carbons (Fsp3) is 0.320. The quantitative estimate of drug-likeness (QED) is 0.600. The number of piperazine rings is 1. The van der Waals surface area contributed by atoms with Crippen molar-refractivity contribution < 1.29 is 14.3 Å². The molecular formula is C25H28N4O3S. The van der Waals surface area contributed by atoms with Gasteiger partial charge in [-0.15, -0.1) is 11.3 Å². The number of nitrogens with one attached hydrogen (secondary N) is 1. The van der Waals surface area contributed by atoms with Gasteiger partial charge in [0.05, 0.1) is 13.7 Å². The van der Waals surface area contributed by atoms with Gasteiger partial charge >= 0.3 is 0 Å². The van der Waals surface area contributed by atoms with Gasteiger partial charge in [-0.3, -0.25) is 14.5 Å². The van der Waals surface area contributed by atoms with Gasteiger partial charge in [0.25, 0.3) is 5.91 Å². The summed E-state index contributed by atoms with van der Waals surface area (Å²) in [5, 5.41) is 5.65. The normalized spacial score (nSPS) is 14.2. The maximum Gasteiger partial charge on any atom is 0.273 e. The number of thiazole rings is 1. The van der Waals surface area contributed by atoms with Crippen molar-refractivity contribution >= 4 is 28.8 Å². The predicted octanol–water partition coefficient (Wildman–Crippen LogP) is 3.83. The number of anilines is 1. The van der Waals surface area contributed by atoms with E-state index in [1.807, 2.05) is 66.6 Å². The highest BCUT2D eigenvalue weighted by atomic mass is 32.1. The molecule has 4 rings (SSSR count). The van der Waals surface area contributed by atoms with Gasteiger partial charge in [0.15, 0.2) is 0 Å². The molecule has 0 bridgehead atoms. The number of nitrogens with zero attached hydrogens (tertiary/aromatic N) is 3. The number of methoxy groups -OCH3 is 1. The van der Waals surface area contributed by atoms with Crippen LogP contribution < -0.4 is 10.1 Å². The highest BCUT2D eigenvalue weighted by Crippen LogP contribution is 2.26. The van der Waals surface area contributed by atoms with Crippen molar-refractivity contribution in [2.24, 2.45) is 0 Å². The Morgan fingerprint density at radius 1 is 1.03 bits per heavy atom. The fourth-order valence-corrected chi connectivity index (χ4v) is 4.70. The van der Waals surface area contributed by atoms with Gasteiger partial charge in [-0.05, 0) is 49.2 Å². The Kier molecular flexibility index (Phi) is 7.05. The zero-order valence-corrected chi connectivity index (χ0v) is 19.9. The topological polar surface area (TPSA) is 74.8 Å². The van der Waals surface area contributed by atoms with Gasteiger partial charge in [0, 0.05) is 42.8 Å². The van der Waals surface area contributed by atoms with Crippen molar-refractivity contribution in [2.75, 3.05) is 45.2 Å². The second kappa shape index (κ2) is 10.1. The smallest absolute Gasteiger partial charge is 0.273 e. The van der Waals surface area contributed by atoms with Gasteiger partial charge in [-0.2, -0.15) is 0 Å². The molecular weight excluding hydrogens is 436 g/mol. The van der Waals surface area contributed by atoms with Crippen LogP contribution in [0.5, 0.6) is 5.75 Å². The van der Waals surface area contributed by atoms with Crippen LogP contribution in [0.15, 0.2) is 47.8 Å². The number of amides is 2. The molecule has 7 nitrogen and oxygen atoms in total. The molecule has 33 heavy (non-hydrogen) atoms. The first kappa shape index (κ1) is 22.9. The Labute approximate surface area is 198 Å². The number of carbonyl (C=O) groups excluding carboxylic acids is 2. The summed E-state index contributed by atoms with van der Waals surface area (Å²) in [5.41, 5.74) is 4.41. The Balaban J connectivity index is 1.30. The second-order valence-corrected chi connectivity index (χ2v) is 9.01. The number of rotatable bonds is 6. The first-order chi connectivity index (χ1) is 15.9. The molecule has 0 spiro atoms. The third kappa shape index (κ3) is 5.40. The molecule has 0 saturated carbocycles. The van der Waals surface area contributed by atoms with Gasteiger partial charge < -0.3 is 15.0 Å². The predicted molar refractivity (Wildman–Crippen MR) is 131 cm³/mol. The van der Waals surface area contributed by atoms with Crippen molar-refractivity contribution in [3.63, 3.8) is 0 Å². The average molecular weight is 465 g/mol. The molecule has 1 aliphatic heterocycles. The van der Waals surface area contributed by atoms with E-state index in [-0.39, 0.29) is 11.8 Å². The Morgan fingerprint density at radius 2 is 1.70 bits per heavy atom. The second-order valence-electron chi connectivity index (χ2n) is 8.15. The van der Waals surface area contributed by atoms with E-state index in [0.29, 0.717) is 38.4 Å². The van der Waals surface area contributed by atoms with Crippen molar-refractivity contribution in [3.05, 3.63) is 64.7 Å². The Bertz CT molecular complexity index is 1110. The number of ether oxygens (including phenoxy) is 1. The molecule has 8 heteroatoms. The van der Waals surface area contributed by atoms with Crippen LogP contribution in [0.2, 0.25) is 0 Å². The van der Waals surface area contributed by atoms with Crippen LogP contribution in [0, 0.1) is 13.8 Å². The van der Waals surface area contributed by atoms with Crippen LogP contribution in [-0.4, -0.2) is 66.4 Å². The van der Waals surface area contributed by atoms with E-state index in [0.717, 1.165) is 33.1 Å². The van der Waals surface area contributed by atoms with Crippen molar-refractivity contribution in [1.29, 1.82) is 0 Å². The molecule has 0 atom stereocenters. The molecule has 2 heterocycles. The van der Waals surface area contributed by atoms with Crippen LogP contribution in [0.1, 0.15) is 21.6 Å². The lowest BCUT2D eigenvalue weighted by Gasteiger charge is -2.34. The summed E-state index contributed by atoms with van der Waals surface area (Å²) in [6.45, 7) is 6.75. The lowest BCUT2D eigenvalue weighted by atomic mass is 10.1. The van der Waals surface area contributed by atoms with Gasteiger partial charge in [-0.25, -0.2) is 4.98 Å². The highest BCUT2D eigenvalue weighted by molar-refractivity contribution is 7.13. The Morgan fingerprint density at radius 3 is 2.33 bits per heavy atom. The molecule has 2 amide bonds. The molecule has 1 saturated heterocycles. The van der Waals surface area contributed by atoms with E-state index in [2.05, 4.69) is 15.2 Å². The molecule has 1 fully saturated rings. The summed E-state index contributed by atoms with van der Waals surface area (Å²) < 4.78 is 5.19. The molecule has 0 radical (unpaired) electrons. The fourth-order valence-electron chi connectivity index (χ4n) is 3.90. The minimum Gasteiger partial charge on any atom is -0.497 e. The average Bonchev–Trinajstić information content (AvgIpc) is 3.32. The largest absolute Gasteiger partial charge is 0.497 e. The van der Waals surface area contributed by atoms with Crippen LogP contribution in [0.3, 0.4) is 0 Å². The van der Waals surface area contributed by atoms with Crippen molar-refractivity contribution in [1.82, 2.24) is 14.8 Å². The van der Waals surface area contributed by atoms with E-state index in [9.17, 15) is 9.59 Å². The van der Waals surface area contributed by atoms with E-state index < -0.39 is 0 Å². The maximum atomic E-state index is 12.9. The molecule has 3 aromatic rings. The number of aryl methyl sites for hydroxylation is 2. The van der Waals surface area contributed by atoms with Crippen molar-refractivity contribution in [2.45, 2.75) is 13.8 Å². The van der Waals surface area contributed by atoms with E-state index >= 15 is 0 Å². The monoisotopic (exact) mass is 464 g/mol. The molecule has 0 unspecified atom stereocenters. The third-order valence-corrected chi connectivity index (χ3v) is 6.72. The van der Waals surface area contributed by atoms with E-state index in [4.69, 9.17) is 4.74 Å². The number of hydrogen-bond donors (Lipinski definition) is 1. The van der Waals surface area contributed by atoms with E-state index in [1.54, 1.807) is 7.11 Å². The number of carbonyl (C=O) groups is 2. The van der Waals surface area contributed by atoms with Crippen LogP contribution >= 0.6 is 11.3 Å². The summed E-state index contributed by atoms with van der Waals surface area (Å²) in [5.74, 6) is 0.689. The minimum atomic E-state index is -0.0642. The first-order valence-electron chi connectivity index (χ1n) is 10.9. The van der Waals surface area contributed by atoms with E-state index in [1.165, 1.54) is 11.3 Å². The van der Waals surface area contributed by atoms with Crippen LogP contribution in [-0.2, 0) is 4.79 Å². The lowest BCUT2D eigenvalue weighted by molar-refractivity contribution is -0.117. The Hall–Kier alpha value is -3.23. The number of aromatic nitrogens is 1. The highest BCUT2D eigenvalue weighted by Gasteiger charge is 2.25. The minimum absolute atomic E-state index is 0.0317. The summed E-state index contributed by atoms with van der Waals surface area (Å²) in [4.78, 5) is 33.9. The summed E-state index contributed by atoms with van der Waals surface area (Å²) in [6, 6.07) is 13.6. The lowest BCUT2D eigenvalue weighted by Crippen LogP contribution is -2.50. The van der Waals surface area contributed by atoms with Crippen LogP contribution in [0.4, 0.5) is 5.69 Å². The zero-order valence-electron chi connectivity index (χ0n) is 19.1. The molecule has 0 aliphatic carbocycles. The maximum absolute atomic E-state index is 12.9. The molecule has 1 aliphatic rings. The number of para-hydroxylation sites is 1. The molecule has 1 N–H and O–H groups in total. The number of hydrogen-bond acceptors (Lipinski definition) is 6. The number of benzene rings is 2. The van der Waals surface area contributed by atoms with Gasteiger partial charge in [0.1, 0.15) is 16.5 Å². The SMILES string of the molecule is COc1ccc(-c2nc(C(=O)N3CCN(CC(=O)Nc4c(C)cccc4C)CC3)cs2)cc1. The van der Waals surface area contributed by atoms with Crippen molar-refractivity contribution in [3.8, 4) is 16.3 Å².